The molecule has 128 valence electrons. The van der Waals surface area contributed by atoms with Crippen LogP contribution in [0.25, 0.3) is 0 Å². The molecule has 7 heteroatoms. The van der Waals surface area contributed by atoms with E-state index in [4.69, 9.17) is 0 Å². The van der Waals surface area contributed by atoms with E-state index in [1.54, 1.807) is 0 Å². The summed E-state index contributed by atoms with van der Waals surface area (Å²) in [5.74, 6) is -0.195. The van der Waals surface area contributed by atoms with E-state index in [2.05, 4.69) is 5.32 Å². The third-order valence-electron chi connectivity index (χ3n) is 4.51. The van der Waals surface area contributed by atoms with E-state index in [0.29, 0.717) is 0 Å². The summed E-state index contributed by atoms with van der Waals surface area (Å²) in [6.45, 7) is -0.115. The molecule has 1 aromatic carbocycles. The largest absolute Gasteiger partial charge is 0.416 e. The Morgan fingerprint density at radius 1 is 1.39 bits per heavy atom. The molecule has 0 bridgehead atoms. The van der Waals surface area contributed by atoms with Gasteiger partial charge < -0.3 is 10.4 Å². The van der Waals surface area contributed by atoms with Crippen molar-refractivity contribution in [2.45, 2.75) is 37.1 Å². The normalized spacial score (nSPS) is 18.4. The van der Waals surface area contributed by atoms with Gasteiger partial charge in [0.05, 0.1) is 17.2 Å². The van der Waals surface area contributed by atoms with Gasteiger partial charge >= 0.3 is 6.18 Å². The van der Waals surface area contributed by atoms with Crippen molar-refractivity contribution < 1.29 is 23.1 Å². The summed E-state index contributed by atoms with van der Waals surface area (Å²) in [7, 11) is 3.64. The third-order valence-corrected chi connectivity index (χ3v) is 4.51. The highest BCUT2D eigenvalue weighted by atomic mass is 19.4. The van der Waals surface area contributed by atoms with Gasteiger partial charge in [0.25, 0.3) is 0 Å². The molecule has 1 atom stereocenters. The van der Waals surface area contributed by atoms with Gasteiger partial charge in [-0.05, 0) is 51.1 Å². The Hall–Kier alpha value is -1.60. The van der Waals surface area contributed by atoms with Crippen LogP contribution in [0.2, 0.25) is 0 Å². The maximum Gasteiger partial charge on any atom is 0.416 e. The molecule has 0 aromatic heterocycles. The van der Waals surface area contributed by atoms with Crippen LogP contribution in [0.4, 0.5) is 13.2 Å². The van der Waals surface area contributed by atoms with Crippen LogP contribution in [-0.4, -0.2) is 42.1 Å². The van der Waals surface area contributed by atoms with Crippen molar-refractivity contribution in [2.24, 2.45) is 0 Å². The summed E-state index contributed by atoms with van der Waals surface area (Å²) in [6, 6.07) is 4.51. The molecule has 4 nitrogen and oxygen atoms in total. The van der Waals surface area contributed by atoms with Crippen LogP contribution in [0.1, 0.15) is 36.5 Å². The Balaban J connectivity index is 2.00. The number of hydrogen-bond acceptors (Lipinski definition) is 3. The van der Waals surface area contributed by atoms with Gasteiger partial charge in [-0.15, -0.1) is 0 Å². The zero-order valence-corrected chi connectivity index (χ0v) is 13.2. The van der Waals surface area contributed by atoms with Crippen LogP contribution in [0.3, 0.4) is 0 Å². The molecule has 0 radical (unpaired) electrons. The summed E-state index contributed by atoms with van der Waals surface area (Å²) in [6.07, 6.45) is -3.20. The highest BCUT2D eigenvalue weighted by molar-refractivity contribution is 5.87. The highest BCUT2D eigenvalue weighted by Crippen LogP contribution is 2.36. The first-order chi connectivity index (χ1) is 10.7. The molecule has 1 amide bonds. The molecule has 0 saturated heterocycles. The number of halogens is 3. The molecule has 1 aliphatic carbocycles. The van der Waals surface area contributed by atoms with E-state index in [1.165, 1.54) is 12.1 Å². The quantitative estimate of drug-likeness (QED) is 0.871. The fourth-order valence-corrected chi connectivity index (χ4v) is 2.78. The maximum absolute atomic E-state index is 12.7. The number of rotatable bonds is 5. The average molecular weight is 330 g/mol. The lowest BCUT2D eigenvalue weighted by Crippen LogP contribution is -2.60. The minimum Gasteiger partial charge on any atom is -0.387 e. The second-order valence-electron chi connectivity index (χ2n) is 6.13. The maximum atomic E-state index is 12.7. The fraction of sp³-hybridized carbons (Fsp3) is 0.562. The molecule has 1 unspecified atom stereocenters. The number of amides is 1. The lowest BCUT2D eigenvalue weighted by Gasteiger charge is -2.45. The first-order valence-electron chi connectivity index (χ1n) is 7.48. The lowest BCUT2D eigenvalue weighted by molar-refractivity contribution is -0.138. The molecule has 2 N–H and O–H groups in total. The van der Waals surface area contributed by atoms with Gasteiger partial charge in [0.15, 0.2) is 0 Å². The first kappa shape index (κ1) is 17.7. The SMILES string of the molecule is CN(C)C1(C(=O)NCC(O)c2cccc(C(F)(F)F)c2)CCC1. The molecular weight excluding hydrogens is 309 g/mol. The van der Waals surface area contributed by atoms with Crippen LogP contribution in [0.15, 0.2) is 24.3 Å². The van der Waals surface area contributed by atoms with Gasteiger partial charge in [0, 0.05) is 6.54 Å². The lowest BCUT2D eigenvalue weighted by atomic mass is 9.75. The first-order valence-corrected chi connectivity index (χ1v) is 7.48. The third kappa shape index (κ3) is 3.67. The van der Waals surface area contributed by atoms with Crippen LogP contribution in [0, 0.1) is 0 Å². The number of carbonyl (C=O) groups excluding carboxylic acids is 1. The Labute approximate surface area is 133 Å². The number of benzene rings is 1. The van der Waals surface area contributed by atoms with Gasteiger partial charge in [-0.2, -0.15) is 13.2 Å². The number of alkyl halides is 3. The minimum atomic E-state index is -4.46. The van der Waals surface area contributed by atoms with Gasteiger partial charge in [0.1, 0.15) is 0 Å². The fourth-order valence-electron chi connectivity index (χ4n) is 2.78. The van der Waals surface area contributed by atoms with E-state index >= 15 is 0 Å². The van der Waals surface area contributed by atoms with Crippen LogP contribution in [-0.2, 0) is 11.0 Å². The molecule has 0 heterocycles. The second-order valence-corrected chi connectivity index (χ2v) is 6.13. The van der Waals surface area contributed by atoms with Crippen molar-refractivity contribution >= 4 is 5.91 Å². The summed E-state index contributed by atoms with van der Waals surface area (Å²) < 4.78 is 38.1. The number of carbonyl (C=O) groups is 1. The number of aliphatic hydroxyl groups is 1. The Morgan fingerprint density at radius 3 is 2.52 bits per heavy atom. The topological polar surface area (TPSA) is 52.6 Å². The number of likely N-dealkylation sites (N-methyl/N-ethyl adjacent to an activating group) is 1. The second kappa shape index (κ2) is 6.49. The smallest absolute Gasteiger partial charge is 0.387 e. The molecule has 0 spiro atoms. The zero-order valence-electron chi connectivity index (χ0n) is 13.2. The number of aliphatic hydroxyl groups excluding tert-OH is 1. The van der Waals surface area contributed by atoms with Crippen molar-refractivity contribution in [1.82, 2.24) is 10.2 Å². The zero-order chi connectivity index (χ0) is 17.3. The standard InChI is InChI=1S/C16H21F3N2O2/c1-21(2)15(7-4-8-15)14(23)20-10-13(22)11-5-3-6-12(9-11)16(17,18)19/h3,5-6,9,13,22H,4,7-8,10H2,1-2H3,(H,20,23). The Morgan fingerprint density at radius 2 is 2.04 bits per heavy atom. The Kier molecular flexibility index (Phi) is 5.01. The molecule has 1 aromatic rings. The predicted molar refractivity (Wildman–Crippen MR) is 79.7 cm³/mol. The molecule has 0 aliphatic heterocycles. The molecule has 1 saturated carbocycles. The van der Waals surface area contributed by atoms with Crippen molar-refractivity contribution in [3.8, 4) is 0 Å². The molecule has 2 rings (SSSR count). The van der Waals surface area contributed by atoms with E-state index < -0.39 is 23.4 Å². The van der Waals surface area contributed by atoms with E-state index in [1.807, 2.05) is 19.0 Å². The van der Waals surface area contributed by atoms with Gasteiger partial charge in [-0.1, -0.05) is 12.1 Å². The van der Waals surface area contributed by atoms with Crippen molar-refractivity contribution in [2.75, 3.05) is 20.6 Å². The van der Waals surface area contributed by atoms with E-state index in [0.717, 1.165) is 31.4 Å². The number of nitrogens with zero attached hydrogens (tertiary/aromatic N) is 1. The van der Waals surface area contributed by atoms with E-state index in [9.17, 15) is 23.1 Å². The number of nitrogens with one attached hydrogen (secondary N) is 1. The van der Waals surface area contributed by atoms with Crippen LogP contribution >= 0.6 is 0 Å². The molecular formula is C16H21F3N2O2. The van der Waals surface area contributed by atoms with Gasteiger partial charge in [-0.25, -0.2) is 0 Å². The van der Waals surface area contributed by atoms with E-state index in [-0.39, 0.29) is 18.0 Å². The minimum absolute atomic E-state index is 0.115. The summed E-state index contributed by atoms with van der Waals surface area (Å²) in [5.41, 5.74) is -1.25. The highest BCUT2D eigenvalue weighted by Gasteiger charge is 2.46. The average Bonchev–Trinajstić information content (AvgIpc) is 2.42. The summed E-state index contributed by atoms with van der Waals surface area (Å²) in [4.78, 5) is 14.2. The molecule has 23 heavy (non-hydrogen) atoms. The summed E-state index contributed by atoms with van der Waals surface area (Å²) >= 11 is 0. The van der Waals surface area contributed by atoms with Gasteiger partial charge in [-0.3, -0.25) is 9.69 Å². The van der Waals surface area contributed by atoms with Gasteiger partial charge in [0.2, 0.25) is 5.91 Å². The summed E-state index contributed by atoms with van der Waals surface area (Å²) in [5, 5.41) is 12.7. The number of hydrogen-bond donors (Lipinski definition) is 2. The predicted octanol–water partition coefficient (Wildman–Crippen LogP) is 2.34. The van der Waals surface area contributed by atoms with Crippen LogP contribution in [0.5, 0.6) is 0 Å². The van der Waals surface area contributed by atoms with Crippen molar-refractivity contribution in [3.05, 3.63) is 35.4 Å². The molecule has 1 aliphatic rings. The monoisotopic (exact) mass is 330 g/mol. The van der Waals surface area contributed by atoms with Crippen molar-refractivity contribution in [3.63, 3.8) is 0 Å². The Bertz CT molecular complexity index is 569. The molecule has 1 fully saturated rings. The van der Waals surface area contributed by atoms with Crippen molar-refractivity contribution in [1.29, 1.82) is 0 Å². The van der Waals surface area contributed by atoms with Crippen LogP contribution < -0.4 is 5.32 Å².